The highest BCUT2D eigenvalue weighted by Crippen LogP contribution is 2.22. The zero-order valence-electron chi connectivity index (χ0n) is 12.9. The van der Waals surface area contributed by atoms with Crippen LogP contribution in [0.1, 0.15) is 31.5 Å². The van der Waals surface area contributed by atoms with Crippen LogP contribution in [0.25, 0.3) is 16.9 Å². The third-order valence-electron chi connectivity index (χ3n) is 3.48. The fraction of sp³-hybridized carbons (Fsp3) is 0.312. The summed E-state index contributed by atoms with van der Waals surface area (Å²) in [5.41, 5.74) is 3.83. The summed E-state index contributed by atoms with van der Waals surface area (Å²) < 4.78 is 7.80. The fourth-order valence-electron chi connectivity index (χ4n) is 2.35. The summed E-state index contributed by atoms with van der Waals surface area (Å²) >= 11 is 3.32. The minimum atomic E-state index is -1.03. The van der Waals surface area contributed by atoms with E-state index < -0.39 is 6.29 Å². The van der Waals surface area contributed by atoms with Gasteiger partial charge in [-0.15, -0.1) is 0 Å². The summed E-state index contributed by atoms with van der Waals surface area (Å²) in [4.78, 5) is 8.69. The van der Waals surface area contributed by atoms with Crippen LogP contribution in [0.4, 0.5) is 0 Å². The van der Waals surface area contributed by atoms with E-state index in [0.717, 1.165) is 28.0 Å². The second-order valence-corrected chi connectivity index (χ2v) is 5.82. The molecule has 3 rings (SSSR count). The first-order valence-corrected chi connectivity index (χ1v) is 8.22. The lowest BCUT2D eigenvalue weighted by Crippen LogP contribution is -2.09. The molecule has 6 nitrogen and oxygen atoms in total. The number of rotatable bonds is 5. The Hall–Kier alpha value is -1.83. The normalized spacial score (nSPS) is 12.7. The summed E-state index contributed by atoms with van der Waals surface area (Å²) in [5, 5.41) is 14.6. The zero-order valence-corrected chi connectivity index (χ0v) is 14.5. The van der Waals surface area contributed by atoms with Gasteiger partial charge in [0.2, 0.25) is 0 Å². The number of aliphatic hydroxyl groups excluding tert-OH is 1. The summed E-state index contributed by atoms with van der Waals surface area (Å²) in [7, 11) is 0. The molecule has 0 bridgehead atoms. The number of aryl methyl sites for hydroxylation is 1. The number of fused-ring (bicyclic) bond motifs is 1. The van der Waals surface area contributed by atoms with Gasteiger partial charge in [-0.3, -0.25) is 0 Å². The molecule has 1 atom stereocenters. The SMILES string of the molecule is CCO[C@@H](O)c1cc(CC)n2nc(-c3ccc(Br)nc3)cc2n1. The van der Waals surface area contributed by atoms with Gasteiger partial charge >= 0.3 is 0 Å². The minimum absolute atomic E-state index is 0.421. The predicted octanol–water partition coefficient (Wildman–Crippen LogP) is 3.14. The first-order valence-electron chi connectivity index (χ1n) is 7.43. The van der Waals surface area contributed by atoms with E-state index >= 15 is 0 Å². The van der Waals surface area contributed by atoms with Crippen molar-refractivity contribution < 1.29 is 9.84 Å². The predicted molar refractivity (Wildman–Crippen MR) is 89.9 cm³/mol. The maximum Gasteiger partial charge on any atom is 0.198 e. The lowest BCUT2D eigenvalue weighted by atomic mass is 10.2. The van der Waals surface area contributed by atoms with Gasteiger partial charge in [0, 0.05) is 30.1 Å². The lowest BCUT2D eigenvalue weighted by molar-refractivity contribution is -0.101. The number of nitrogens with zero attached hydrogens (tertiary/aromatic N) is 4. The molecule has 0 saturated carbocycles. The van der Waals surface area contributed by atoms with Crippen molar-refractivity contribution in [3.05, 3.63) is 46.5 Å². The van der Waals surface area contributed by atoms with E-state index in [1.807, 2.05) is 38.1 Å². The molecule has 0 aromatic carbocycles. The smallest absolute Gasteiger partial charge is 0.198 e. The first-order chi connectivity index (χ1) is 11.1. The van der Waals surface area contributed by atoms with Gasteiger partial charge in [0.05, 0.1) is 5.69 Å². The number of aromatic nitrogens is 4. The number of hydrogen-bond acceptors (Lipinski definition) is 5. The van der Waals surface area contributed by atoms with Crippen LogP contribution < -0.4 is 0 Å². The quantitative estimate of drug-likeness (QED) is 0.546. The van der Waals surface area contributed by atoms with Gasteiger partial charge in [0.1, 0.15) is 10.3 Å². The van der Waals surface area contributed by atoms with Gasteiger partial charge in [0.15, 0.2) is 11.9 Å². The number of ether oxygens (including phenoxy) is 1. The highest BCUT2D eigenvalue weighted by Gasteiger charge is 2.15. The van der Waals surface area contributed by atoms with E-state index in [-0.39, 0.29) is 0 Å². The Bertz CT molecular complexity index is 817. The Balaban J connectivity index is 2.09. The molecule has 0 radical (unpaired) electrons. The third-order valence-corrected chi connectivity index (χ3v) is 3.95. The van der Waals surface area contributed by atoms with Crippen LogP contribution in [-0.2, 0) is 11.2 Å². The van der Waals surface area contributed by atoms with Crippen LogP contribution in [0.3, 0.4) is 0 Å². The second-order valence-electron chi connectivity index (χ2n) is 5.00. The molecule has 0 aliphatic carbocycles. The molecular weight excluding hydrogens is 360 g/mol. The minimum Gasteiger partial charge on any atom is -0.363 e. The van der Waals surface area contributed by atoms with Crippen molar-refractivity contribution in [3.8, 4) is 11.3 Å². The summed E-state index contributed by atoms with van der Waals surface area (Å²) in [5.74, 6) is 0. The number of hydrogen-bond donors (Lipinski definition) is 1. The third kappa shape index (κ3) is 3.26. The van der Waals surface area contributed by atoms with E-state index in [1.165, 1.54) is 0 Å². The second kappa shape index (κ2) is 6.74. The van der Waals surface area contributed by atoms with Crippen molar-refractivity contribution in [2.24, 2.45) is 0 Å². The van der Waals surface area contributed by atoms with Gasteiger partial charge < -0.3 is 9.84 Å². The summed E-state index contributed by atoms with van der Waals surface area (Å²) in [6, 6.07) is 7.52. The Morgan fingerprint density at radius 1 is 1.30 bits per heavy atom. The van der Waals surface area contributed by atoms with Crippen molar-refractivity contribution in [3.63, 3.8) is 0 Å². The van der Waals surface area contributed by atoms with E-state index in [9.17, 15) is 5.11 Å². The standard InChI is InChI=1S/C16H17BrN4O2/c1-3-11-7-13(16(22)23-4-2)19-15-8-12(20-21(11)15)10-5-6-14(17)18-9-10/h5-9,16,22H,3-4H2,1-2H3/t16-/m1/s1. The first kappa shape index (κ1) is 16.0. The van der Waals surface area contributed by atoms with E-state index in [4.69, 9.17) is 4.74 Å². The Labute approximate surface area is 142 Å². The fourth-order valence-corrected chi connectivity index (χ4v) is 2.58. The molecule has 0 unspecified atom stereocenters. The van der Waals surface area contributed by atoms with Gasteiger partial charge in [0.25, 0.3) is 0 Å². The Kier molecular flexibility index (Phi) is 4.70. The monoisotopic (exact) mass is 376 g/mol. The average molecular weight is 377 g/mol. The van der Waals surface area contributed by atoms with Crippen LogP contribution in [0.5, 0.6) is 0 Å². The molecule has 3 heterocycles. The van der Waals surface area contributed by atoms with E-state index in [1.54, 1.807) is 10.7 Å². The van der Waals surface area contributed by atoms with Crippen LogP contribution in [0.2, 0.25) is 0 Å². The topological polar surface area (TPSA) is 72.5 Å². The molecule has 7 heteroatoms. The summed E-state index contributed by atoms with van der Waals surface area (Å²) in [6.07, 6.45) is 1.50. The number of aliphatic hydroxyl groups is 1. The molecule has 0 fully saturated rings. The highest BCUT2D eigenvalue weighted by molar-refractivity contribution is 9.10. The molecule has 0 spiro atoms. The average Bonchev–Trinajstić information content (AvgIpc) is 2.98. The van der Waals surface area contributed by atoms with Gasteiger partial charge in [-0.25, -0.2) is 14.5 Å². The zero-order chi connectivity index (χ0) is 16.4. The van der Waals surface area contributed by atoms with E-state index in [2.05, 4.69) is 31.0 Å². The number of halogens is 1. The molecule has 3 aromatic rings. The highest BCUT2D eigenvalue weighted by atomic mass is 79.9. The van der Waals surface area contributed by atoms with Crippen LogP contribution in [-0.4, -0.2) is 31.3 Å². The maximum atomic E-state index is 10.0. The Morgan fingerprint density at radius 2 is 2.13 bits per heavy atom. The van der Waals surface area contributed by atoms with Crippen LogP contribution in [0.15, 0.2) is 35.1 Å². The Morgan fingerprint density at radius 3 is 2.78 bits per heavy atom. The van der Waals surface area contributed by atoms with Crippen molar-refractivity contribution in [2.75, 3.05) is 6.61 Å². The molecule has 0 saturated heterocycles. The van der Waals surface area contributed by atoms with Crippen LogP contribution >= 0.6 is 15.9 Å². The van der Waals surface area contributed by atoms with Crippen LogP contribution in [0, 0.1) is 0 Å². The molecular formula is C16H17BrN4O2. The van der Waals surface area contributed by atoms with Gasteiger partial charge in [-0.05, 0) is 47.5 Å². The largest absolute Gasteiger partial charge is 0.363 e. The van der Waals surface area contributed by atoms with Crippen molar-refractivity contribution in [1.82, 2.24) is 19.6 Å². The molecule has 0 aliphatic rings. The van der Waals surface area contributed by atoms with Crippen molar-refractivity contribution >= 4 is 21.6 Å². The molecule has 120 valence electrons. The molecule has 1 N–H and O–H groups in total. The molecule has 0 amide bonds. The van der Waals surface area contributed by atoms with Gasteiger partial charge in [-0.1, -0.05) is 6.92 Å². The van der Waals surface area contributed by atoms with Crippen molar-refractivity contribution in [2.45, 2.75) is 26.6 Å². The van der Waals surface area contributed by atoms with Crippen molar-refractivity contribution in [1.29, 1.82) is 0 Å². The molecule has 23 heavy (non-hydrogen) atoms. The van der Waals surface area contributed by atoms with Gasteiger partial charge in [-0.2, -0.15) is 5.10 Å². The maximum absolute atomic E-state index is 10.0. The molecule has 3 aromatic heterocycles. The van der Waals surface area contributed by atoms with E-state index in [0.29, 0.717) is 17.9 Å². The summed E-state index contributed by atoms with van der Waals surface area (Å²) in [6.45, 7) is 4.29. The number of pyridine rings is 1. The lowest BCUT2D eigenvalue weighted by Gasteiger charge is -2.11. The molecule has 0 aliphatic heterocycles.